The minimum absolute atomic E-state index is 0.0230. The maximum absolute atomic E-state index is 6.15. The Bertz CT molecular complexity index is 346. The van der Waals surface area contributed by atoms with Crippen LogP contribution >= 0.6 is 0 Å². The lowest BCUT2D eigenvalue weighted by molar-refractivity contribution is -0.0378. The summed E-state index contributed by atoms with van der Waals surface area (Å²) in [4.78, 5) is 0. The fraction of sp³-hybridized carbons (Fsp3) is 0.733. The summed E-state index contributed by atoms with van der Waals surface area (Å²) >= 11 is 0. The van der Waals surface area contributed by atoms with E-state index in [2.05, 4.69) is 27.7 Å². The molecule has 0 aliphatic carbocycles. The van der Waals surface area contributed by atoms with Crippen LogP contribution < -0.4 is 5.73 Å². The molecule has 3 unspecified atom stereocenters. The molecule has 18 heavy (non-hydrogen) atoms. The molecule has 104 valence electrons. The molecule has 2 N–H and O–H groups in total. The molecule has 0 bridgehead atoms. The van der Waals surface area contributed by atoms with Crippen molar-refractivity contribution in [3.8, 4) is 0 Å². The summed E-state index contributed by atoms with van der Waals surface area (Å²) in [6.07, 6.45) is 1.96. The SMILES string of the molecule is CCC(N)C(OC(C)CC(C)C)c1ccc(C)o1. The molecule has 3 heteroatoms. The Morgan fingerprint density at radius 1 is 1.28 bits per heavy atom. The van der Waals surface area contributed by atoms with Gasteiger partial charge in [-0.3, -0.25) is 0 Å². The molecule has 0 radical (unpaired) electrons. The lowest BCUT2D eigenvalue weighted by Gasteiger charge is -2.26. The largest absolute Gasteiger partial charge is 0.464 e. The molecule has 1 aromatic rings. The molecule has 1 heterocycles. The molecule has 1 rings (SSSR count). The first-order valence-corrected chi connectivity index (χ1v) is 6.91. The highest BCUT2D eigenvalue weighted by molar-refractivity contribution is 5.10. The Morgan fingerprint density at radius 3 is 2.39 bits per heavy atom. The van der Waals surface area contributed by atoms with E-state index >= 15 is 0 Å². The first kappa shape index (κ1) is 15.3. The van der Waals surface area contributed by atoms with E-state index in [-0.39, 0.29) is 18.2 Å². The van der Waals surface area contributed by atoms with E-state index in [1.165, 1.54) is 0 Å². The van der Waals surface area contributed by atoms with Crippen LogP contribution in [0.5, 0.6) is 0 Å². The molecule has 0 fully saturated rings. The number of rotatable bonds is 7. The highest BCUT2D eigenvalue weighted by atomic mass is 16.5. The van der Waals surface area contributed by atoms with E-state index in [0.29, 0.717) is 5.92 Å². The molecule has 0 spiro atoms. The van der Waals surface area contributed by atoms with Crippen molar-refractivity contribution in [1.29, 1.82) is 0 Å². The number of furan rings is 1. The second-order valence-electron chi connectivity index (χ2n) is 5.52. The zero-order valence-corrected chi connectivity index (χ0v) is 12.3. The van der Waals surface area contributed by atoms with E-state index in [4.69, 9.17) is 14.9 Å². The number of hydrogen-bond donors (Lipinski definition) is 1. The summed E-state index contributed by atoms with van der Waals surface area (Å²) < 4.78 is 11.8. The van der Waals surface area contributed by atoms with Crippen molar-refractivity contribution in [3.05, 3.63) is 23.7 Å². The normalized spacial score (nSPS) is 16.8. The van der Waals surface area contributed by atoms with E-state index in [1.807, 2.05) is 19.1 Å². The highest BCUT2D eigenvalue weighted by Gasteiger charge is 2.24. The van der Waals surface area contributed by atoms with Crippen LogP contribution in [0.1, 0.15) is 58.2 Å². The Morgan fingerprint density at radius 2 is 1.94 bits per heavy atom. The van der Waals surface area contributed by atoms with Crippen molar-refractivity contribution in [2.45, 2.75) is 65.7 Å². The Labute approximate surface area is 111 Å². The zero-order valence-electron chi connectivity index (χ0n) is 12.3. The average Bonchev–Trinajstić information content (AvgIpc) is 2.70. The second kappa shape index (κ2) is 6.95. The Balaban J connectivity index is 2.73. The maximum Gasteiger partial charge on any atom is 0.134 e. The van der Waals surface area contributed by atoms with Gasteiger partial charge in [0.25, 0.3) is 0 Å². The predicted octanol–water partition coefficient (Wildman–Crippen LogP) is 3.82. The van der Waals surface area contributed by atoms with E-state index in [9.17, 15) is 0 Å². The second-order valence-corrected chi connectivity index (χ2v) is 5.52. The van der Waals surface area contributed by atoms with Crippen LogP contribution in [0.25, 0.3) is 0 Å². The summed E-state index contributed by atoms with van der Waals surface area (Å²) in [6, 6.07) is 3.91. The molecular weight excluding hydrogens is 226 g/mol. The highest BCUT2D eigenvalue weighted by Crippen LogP contribution is 2.27. The third-order valence-corrected chi connectivity index (χ3v) is 3.08. The van der Waals surface area contributed by atoms with Crippen LogP contribution in [0.2, 0.25) is 0 Å². The van der Waals surface area contributed by atoms with Crippen molar-refractivity contribution < 1.29 is 9.15 Å². The van der Waals surface area contributed by atoms with E-state index in [0.717, 1.165) is 24.4 Å². The smallest absolute Gasteiger partial charge is 0.134 e. The van der Waals surface area contributed by atoms with Crippen LogP contribution in [0.3, 0.4) is 0 Å². The summed E-state index contributed by atoms with van der Waals surface area (Å²) in [5.74, 6) is 2.37. The first-order chi connectivity index (χ1) is 8.43. The number of nitrogens with two attached hydrogens (primary N) is 1. The number of ether oxygens (including phenoxy) is 1. The lowest BCUT2D eigenvalue weighted by Crippen LogP contribution is -2.32. The van der Waals surface area contributed by atoms with Gasteiger partial charge in [-0.1, -0.05) is 20.8 Å². The fourth-order valence-electron chi connectivity index (χ4n) is 2.17. The Kier molecular flexibility index (Phi) is 5.89. The van der Waals surface area contributed by atoms with Crippen molar-refractivity contribution in [2.75, 3.05) is 0 Å². The van der Waals surface area contributed by atoms with Crippen LogP contribution in [0.15, 0.2) is 16.5 Å². The van der Waals surface area contributed by atoms with Gasteiger partial charge in [0.05, 0.1) is 6.10 Å². The molecule has 3 nitrogen and oxygen atoms in total. The van der Waals surface area contributed by atoms with Gasteiger partial charge in [0.15, 0.2) is 0 Å². The van der Waals surface area contributed by atoms with Gasteiger partial charge in [0.2, 0.25) is 0 Å². The quantitative estimate of drug-likeness (QED) is 0.803. The monoisotopic (exact) mass is 253 g/mol. The van der Waals surface area contributed by atoms with Gasteiger partial charge in [-0.05, 0) is 44.7 Å². The summed E-state index contributed by atoms with van der Waals surface area (Å²) in [5, 5.41) is 0. The number of aryl methyl sites for hydroxylation is 1. The van der Waals surface area contributed by atoms with Gasteiger partial charge in [0, 0.05) is 6.04 Å². The van der Waals surface area contributed by atoms with Crippen LogP contribution in [0, 0.1) is 12.8 Å². The van der Waals surface area contributed by atoms with Gasteiger partial charge in [-0.2, -0.15) is 0 Å². The van der Waals surface area contributed by atoms with Crippen LogP contribution in [-0.4, -0.2) is 12.1 Å². The zero-order chi connectivity index (χ0) is 13.7. The minimum atomic E-state index is -0.141. The topological polar surface area (TPSA) is 48.4 Å². The van der Waals surface area contributed by atoms with Crippen molar-refractivity contribution in [3.63, 3.8) is 0 Å². The molecular formula is C15H27NO2. The first-order valence-electron chi connectivity index (χ1n) is 6.91. The van der Waals surface area contributed by atoms with Gasteiger partial charge >= 0.3 is 0 Å². The average molecular weight is 253 g/mol. The third-order valence-electron chi connectivity index (χ3n) is 3.08. The van der Waals surface area contributed by atoms with Crippen molar-refractivity contribution >= 4 is 0 Å². The van der Waals surface area contributed by atoms with Crippen molar-refractivity contribution in [1.82, 2.24) is 0 Å². The molecule has 0 saturated heterocycles. The molecule has 0 aliphatic rings. The molecule has 0 saturated carbocycles. The fourth-order valence-corrected chi connectivity index (χ4v) is 2.17. The van der Waals surface area contributed by atoms with Gasteiger partial charge in [-0.25, -0.2) is 0 Å². The summed E-state index contributed by atoms with van der Waals surface area (Å²) in [6.45, 7) is 10.5. The molecule has 3 atom stereocenters. The van der Waals surface area contributed by atoms with E-state index < -0.39 is 0 Å². The predicted molar refractivity (Wildman–Crippen MR) is 74.5 cm³/mol. The third kappa shape index (κ3) is 4.46. The van der Waals surface area contributed by atoms with E-state index in [1.54, 1.807) is 0 Å². The van der Waals surface area contributed by atoms with Gasteiger partial charge in [0.1, 0.15) is 17.6 Å². The molecule has 1 aromatic heterocycles. The molecule has 0 aliphatic heterocycles. The Hall–Kier alpha value is -0.800. The minimum Gasteiger partial charge on any atom is -0.464 e. The number of hydrogen-bond acceptors (Lipinski definition) is 3. The standard InChI is InChI=1S/C15H27NO2/c1-6-13(16)15(14-8-7-11(4)17-14)18-12(5)9-10(2)3/h7-8,10,12-13,15H,6,9,16H2,1-5H3. The molecule has 0 aromatic carbocycles. The summed E-state index contributed by atoms with van der Waals surface area (Å²) in [5.41, 5.74) is 6.15. The van der Waals surface area contributed by atoms with Gasteiger partial charge < -0.3 is 14.9 Å². The molecule has 0 amide bonds. The van der Waals surface area contributed by atoms with Crippen molar-refractivity contribution in [2.24, 2.45) is 11.7 Å². The maximum atomic E-state index is 6.15. The summed E-state index contributed by atoms with van der Waals surface area (Å²) in [7, 11) is 0. The van der Waals surface area contributed by atoms with Crippen LogP contribution in [0.4, 0.5) is 0 Å². The lowest BCUT2D eigenvalue weighted by atomic mass is 10.0. The van der Waals surface area contributed by atoms with Crippen LogP contribution in [-0.2, 0) is 4.74 Å². The van der Waals surface area contributed by atoms with Gasteiger partial charge in [-0.15, -0.1) is 0 Å².